The molecule has 0 N–H and O–H groups in total. The van der Waals surface area contributed by atoms with Gasteiger partial charge in [-0.25, -0.2) is 8.42 Å². The van der Waals surface area contributed by atoms with Gasteiger partial charge in [-0.2, -0.15) is 0 Å². The maximum atomic E-state index is 12.5. The maximum absolute atomic E-state index is 12.5. The topological polar surface area (TPSA) is 67.6 Å². The molecule has 118 valence electrons. The van der Waals surface area contributed by atoms with Gasteiger partial charge in [-0.1, -0.05) is 6.92 Å². The van der Waals surface area contributed by atoms with E-state index in [9.17, 15) is 13.2 Å². The minimum absolute atomic E-state index is 0.0914. The fourth-order valence-corrected chi connectivity index (χ4v) is 3.08. The second-order valence-electron chi connectivity index (χ2n) is 6.36. The molecule has 0 unspecified atom stereocenters. The van der Waals surface area contributed by atoms with Gasteiger partial charge in [0.15, 0.2) is 15.6 Å². The van der Waals surface area contributed by atoms with Crippen molar-refractivity contribution in [1.29, 1.82) is 0 Å². The van der Waals surface area contributed by atoms with Crippen LogP contribution in [0.25, 0.3) is 0 Å². The molecule has 1 aliphatic carbocycles. The van der Waals surface area contributed by atoms with Gasteiger partial charge < -0.3 is 9.32 Å². The Morgan fingerprint density at radius 1 is 1.43 bits per heavy atom. The van der Waals surface area contributed by atoms with Crippen LogP contribution in [0.4, 0.5) is 0 Å². The minimum atomic E-state index is -3.16. The second kappa shape index (κ2) is 5.83. The van der Waals surface area contributed by atoms with Crippen LogP contribution >= 0.6 is 0 Å². The molecule has 6 heteroatoms. The number of nitrogens with zero attached hydrogens (tertiary/aromatic N) is 1. The minimum Gasteiger partial charge on any atom is -0.455 e. The quantitative estimate of drug-likeness (QED) is 0.808. The molecule has 0 saturated heterocycles. The molecule has 1 aliphatic rings. The highest BCUT2D eigenvalue weighted by Gasteiger charge is 2.36. The number of hydrogen-bond acceptors (Lipinski definition) is 4. The molecule has 0 aromatic carbocycles. The van der Waals surface area contributed by atoms with Crippen molar-refractivity contribution >= 4 is 15.7 Å². The third kappa shape index (κ3) is 4.33. The van der Waals surface area contributed by atoms with Crippen molar-refractivity contribution in [3.8, 4) is 0 Å². The zero-order valence-electron chi connectivity index (χ0n) is 13.0. The van der Waals surface area contributed by atoms with Gasteiger partial charge >= 0.3 is 0 Å². The van der Waals surface area contributed by atoms with Crippen molar-refractivity contribution in [2.24, 2.45) is 11.8 Å². The summed E-state index contributed by atoms with van der Waals surface area (Å²) in [5.74, 6) is 1.43. The monoisotopic (exact) mass is 313 g/mol. The van der Waals surface area contributed by atoms with Crippen LogP contribution in [0.3, 0.4) is 0 Å². The zero-order valence-corrected chi connectivity index (χ0v) is 13.8. The van der Waals surface area contributed by atoms with Gasteiger partial charge in [0.1, 0.15) is 11.5 Å². The molecule has 0 bridgehead atoms. The van der Waals surface area contributed by atoms with Crippen LogP contribution in [0.2, 0.25) is 0 Å². The first-order valence-corrected chi connectivity index (χ1v) is 9.31. The van der Waals surface area contributed by atoms with Crippen LogP contribution in [0, 0.1) is 11.8 Å². The normalized spacial score (nSPS) is 21.6. The summed E-state index contributed by atoms with van der Waals surface area (Å²) in [6.07, 6.45) is 2.31. The van der Waals surface area contributed by atoms with Crippen molar-refractivity contribution in [2.45, 2.75) is 39.0 Å². The summed E-state index contributed by atoms with van der Waals surface area (Å²) < 4.78 is 27.9. The van der Waals surface area contributed by atoms with Crippen LogP contribution in [-0.4, -0.2) is 38.1 Å². The lowest BCUT2D eigenvalue weighted by molar-refractivity contribution is 0.0659. The smallest absolute Gasteiger partial charge is 0.289 e. The summed E-state index contributed by atoms with van der Waals surface area (Å²) in [7, 11) is -3.16. The van der Waals surface area contributed by atoms with Crippen molar-refractivity contribution in [3.63, 3.8) is 0 Å². The summed E-state index contributed by atoms with van der Waals surface area (Å²) in [5.41, 5.74) is 0. The fraction of sp³-hybridized carbons (Fsp3) is 0.667. The molecule has 21 heavy (non-hydrogen) atoms. The highest BCUT2D eigenvalue weighted by Crippen LogP contribution is 2.38. The summed E-state index contributed by atoms with van der Waals surface area (Å²) >= 11 is 0. The Morgan fingerprint density at radius 3 is 2.52 bits per heavy atom. The molecule has 1 aromatic heterocycles. The van der Waals surface area contributed by atoms with Crippen molar-refractivity contribution in [1.82, 2.24) is 4.90 Å². The molecular weight excluding hydrogens is 290 g/mol. The van der Waals surface area contributed by atoms with E-state index in [0.29, 0.717) is 17.6 Å². The number of furan rings is 1. The fourth-order valence-electron chi connectivity index (χ4n) is 2.40. The molecule has 1 saturated carbocycles. The van der Waals surface area contributed by atoms with Gasteiger partial charge in [-0.3, -0.25) is 4.79 Å². The Bertz CT molecular complexity index is 617. The van der Waals surface area contributed by atoms with E-state index in [-0.39, 0.29) is 23.5 Å². The van der Waals surface area contributed by atoms with Crippen LogP contribution in [0.5, 0.6) is 0 Å². The van der Waals surface area contributed by atoms with E-state index >= 15 is 0 Å². The van der Waals surface area contributed by atoms with Gasteiger partial charge in [0.25, 0.3) is 5.91 Å². The maximum Gasteiger partial charge on any atom is 0.289 e. The molecule has 0 radical (unpaired) electrons. The largest absolute Gasteiger partial charge is 0.455 e. The summed E-state index contributed by atoms with van der Waals surface area (Å²) in [5, 5.41) is 0. The Hall–Kier alpha value is -1.30. The Morgan fingerprint density at radius 2 is 2.05 bits per heavy atom. The Labute approximate surface area is 126 Å². The summed E-state index contributed by atoms with van der Waals surface area (Å²) in [6, 6.07) is 3.22. The SMILES string of the molecule is CC(C)N(C[C@@H]1C[C@@H]1C)C(=O)c1ccc(CS(C)(=O)=O)o1. The molecule has 0 spiro atoms. The average Bonchev–Trinajstić information content (AvgIpc) is 2.84. The van der Waals surface area contributed by atoms with Crippen molar-refractivity contribution in [2.75, 3.05) is 12.8 Å². The zero-order chi connectivity index (χ0) is 15.8. The molecule has 2 rings (SSSR count). The lowest BCUT2D eigenvalue weighted by atomic mass is 10.2. The second-order valence-corrected chi connectivity index (χ2v) is 8.50. The van der Waals surface area contributed by atoms with E-state index in [1.165, 1.54) is 0 Å². The molecular formula is C15H23NO4S. The molecule has 2 atom stereocenters. The van der Waals surface area contributed by atoms with Crippen molar-refractivity contribution < 1.29 is 17.6 Å². The van der Waals surface area contributed by atoms with Crippen LogP contribution in [0.15, 0.2) is 16.5 Å². The first-order valence-electron chi connectivity index (χ1n) is 7.25. The average molecular weight is 313 g/mol. The first-order chi connectivity index (χ1) is 9.67. The number of amides is 1. The lowest BCUT2D eigenvalue weighted by Crippen LogP contribution is -2.38. The van der Waals surface area contributed by atoms with E-state index in [1.807, 2.05) is 13.8 Å². The number of hydrogen-bond donors (Lipinski definition) is 0. The van der Waals surface area contributed by atoms with Gasteiger partial charge in [0, 0.05) is 18.8 Å². The Kier molecular flexibility index (Phi) is 4.46. The molecule has 1 aromatic rings. The van der Waals surface area contributed by atoms with Gasteiger partial charge in [0.05, 0.1) is 0 Å². The predicted octanol–water partition coefficient (Wildman–Crippen LogP) is 2.33. The van der Waals surface area contributed by atoms with E-state index in [1.54, 1.807) is 17.0 Å². The van der Waals surface area contributed by atoms with Crippen LogP contribution in [0.1, 0.15) is 43.5 Å². The van der Waals surface area contributed by atoms with Crippen LogP contribution in [-0.2, 0) is 15.6 Å². The first kappa shape index (κ1) is 16.1. The third-order valence-corrected chi connectivity index (χ3v) is 4.68. The lowest BCUT2D eigenvalue weighted by Gasteiger charge is -2.26. The number of sulfone groups is 1. The highest BCUT2D eigenvalue weighted by atomic mass is 32.2. The molecule has 1 amide bonds. The number of carbonyl (C=O) groups is 1. The molecule has 1 fully saturated rings. The van der Waals surface area contributed by atoms with E-state index < -0.39 is 9.84 Å². The Balaban J connectivity index is 2.09. The molecule has 5 nitrogen and oxygen atoms in total. The summed E-state index contributed by atoms with van der Waals surface area (Å²) in [4.78, 5) is 14.3. The number of carbonyl (C=O) groups excluding carboxylic acids is 1. The van der Waals surface area contributed by atoms with Crippen molar-refractivity contribution in [3.05, 3.63) is 23.7 Å². The van der Waals surface area contributed by atoms with Crippen LogP contribution < -0.4 is 0 Å². The van der Waals surface area contributed by atoms with E-state index in [4.69, 9.17) is 4.42 Å². The molecule has 0 aliphatic heterocycles. The third-order valence-electron chi connectivity index (χ3n) is 3.87. The summed E-state index contributed by atoms with van der Waals surface area (Å²) in [6.45, 7) is 6.88. The van der Waals surface area contributed by atoms with Gasteiger partial charge in [0.2, 0.25) is 0 Å². The van der Waals surface area contributed by atoms with E-state index in [2.05, 4.69) is 6.92 Å². The highest BCUT2D eigenvalue weighted by molar-refractivity contribution is 7.89. The predicted molar refractivity (Wildman–Crippen MR) is 80.7 cm³/mol. The van der Waals surface area contributed by atoms with Gasteiger partial charge in [-0.05, 0) is 44.2 Å². The molecule has 1 heterocycles. The van der Waals surface area contributed by atoms with E-state index in [0.717, 1.165) is 19.2 Å². The standard InChI is InChI=1S/C15H23NO4S/c1-10(2)16(8-12-7-11(12)3)15(17)14-6-5-13(20-14)9-21(4,18)19/h5-6,10-12H,7-9H2,1-4H3/t11-,12-/m0/s1. The van der Waals surface area contributed by atoms with Gasteiger partial charge in [-0.15, -0.1) is 0 Å². The number of rotatable bonds is 6.